The highest BCUT2D eigenvalue weighted by Gasteiger charge is 2.37. The number of hydrogen-bond acceptors (Lipinski definition) is 5. The van der Waals surface area contributed by atoms with Gasteiger partial charge in [0.2, 0.25) is 5.91 Å². The number of unbranched alkanes of at least 4 members (excludes halogenated alkanes) is 1. The van der Waals surface area contributed by atoms with Crippen molar-refractivity contribution in [2.45, 2.75) is 71.8 Å². The van der Waals surface area contributed by atoms with E-state index >= 15 is 0 Å². The second-order valence-electron chi connectivity index (χ2n) is 7.56. The van der Waals surface area contributed by atoms with Crippen molar-refractivity contribution >= 4 is 23.2 Å². The van der Waals surface area contributed by atoms with Gasteiger partial charge in [-0.05, 0) is 25.2 Å². The maximum Gasteiger partial charge on any atom is 0.249 e. The molecule has 1 amide bonds. The fourth-order valence-electron chi connectivity index (χ4n) is 4.00. The molecule has 3 rings (SSSR count). The average molecular weight is 360 g/mol. The molecule has 2 aliphatic rings. The lowest BCUT2D eigenvalue weighted by Gasteiger charge is -2.38. The average Bonchev–Trinajstić information content (AvgIpc) is 3.20. The number of carbonyl (C=O) groups is 1. The van der Waals surface area contributed by atoms with Gasteiger partial charge in [0.25, 0.3) is 0 Å². The number of fused-ring (bicyclic) bond motifs is 1. The van der Waals surface area contributed by atoms with Crippen LogP contribution < -0.4 is 15.1 Å². The lowest BCUT2D eigenvalue weighted by atomic mass is 9.99. The molecule has 0 saturated carbocycles. The zero-order valence-corrected chi connectivity index (χ0v) is 16.5. The van der Waals surface area contributed by atoms with Crippen LogP contribution in [0.3, 0.4) is 0 Å². The first-order valence-corrected chi connectivity index (χ1v) is 10.4. The third kappa shape index (κ3) is 3.79. The number of nitrogens with one attached hydrogen (secondary N) is 1. The lowest BCUT2D eigenvalue weighted by Crippen LogP contribution is -2.50. The van der Waals surface area contributed by atoms with Crippen LogP contribution >= 0.6 is 0 Å². The third-order valence-electron chi connectivity index (χ3n) is 5.80. The van der Waals surface area contributed by atoms with E-state index < -0.39 is 0 Å². The molecule has 0 radical (unpaired) electrons. The third-order valence-corrected chi connectivity index (χ3v) is 5.80. The van der Waals surface area contributed by atoms with Gasteiger partial charge in [-0.15, -0.1) is 0 Å². The molecule has 1 aromatic heterocycles. The van der Waals surface area contributed by atoms with Crippen LogP contribution in [0.15, 0.2) is 6.33 Å². The Hall–Kier alpha value is -1.85. The van der Waals surface area contributed by atoms with Gasteiger partial charge in [0.15, 0.2) is 11.6 Å². The fraction of sp³-hybridized carbons (Fsp3) is 0.750. The zero-order valence-electron chi connectivity index (χ0n) is 16.5. The van der Waals surface area contributed by atoms with Gasteiger partial charge in [0.05, 0.1) is 0 Å². The minimum atomic E-state index is -0.168. The van der Waals surface area contributed by atoms with E-state index in [1.807, 2.05) is 4.90 Å². The van der Waals surface area contributed by atoms with Crippen LogP contribution in [0.25, 0.3) is 0 Å². The molecule has 0 aromatic carbocycles. The number of carbonyl (C=O) groups excluding carboxylic acids is 1. The smallest absolute Gasteiger partial charge is 0.249 e. The maximum absolute atomic E-state index is 13.3. The van der Waals surface area contributed by atoms with Gasteiger partial charge in [0.1, 0.15) is 18.1 Å². The summed E-state index contributed by atoms with van der Waals surface area (Å²) in [7, 11) is 0. The summed E-state index contributed by atoms with van der Waals surface area (Å²) in [6.07, 6.45) is 9.16. The van der Waals surface area contributed by atoms with E-state index in [1.54, 1.807) is 6.33 Å². The van der Waals surface area contributed by atoms with E-state index in [9.17, 15) is 4.79 Å². The Labute approximate surface area is 157 Å². The number of anilines is 3. The molecule has 2 aliphatic heterocycles. The Morgan fingerprint density at radius 1 is 1.19 bits per heavy atom. The van der Waals surface area contributed by atoms with E-state index in [0.29, 0.717) is 5.92 Å². The second-order valence-corrected chi connectivity index (χ2v) is 7.56. The van der Waals surface area contributed by atoms with Gasteiger partial charge >= 0.3 is 0 Å². The highest BCUT2D eigenvalue weighted by Crippen LogP contribution is 2.39. The summed E-state index contributed by atoms with van der Waals surface area (Å²) in [4.78, 5) is 26.7. The van der Waals surface area contributed by atoms with Crippen molar-refractivity contribution in [1.82, 2.24) is 9.97 Å². The molecule has 0 unspecified atom stereocenters. The Kier molecular flexibility index (Phi) is 6.33. The fourth-order valence-corrected chi connectivity index (χ4v) is 4.00. The van der Waals surface area contributed by atoms with Crippen LogP contribution in [0, 0.1) is 5.92 Å². The van der Waals surface area contributed by atoms with Gasteiger partial charge in [-0.2, -0.15) is 0 Å². The van der Waals surface area contributed by atoms with Gasteiger partial charge in [-0.1, -0.05) is 46.5 Å². The predicted molar refractivity (Wildman–Crippen MR) is 107 cm³/mol. The predicted octanol–water partition coefficient (Wildman–Crippen LogP) is 3.83. The SMILES string of the molecule is CCCC[C@@H]1Nc2ncnc(N3CCCC3)c2N(CC(CC)CC)C1=O. The number of nitrogens with zero attached hydrogens (tertiary/aromatic N) is 4. The first-order chi connectivity index (χ1) is 12.7. The van der Waals surface area contributed by atoms with Crippen molar-refractivity contribution in [3.8, 4) is 0 Å². The highest BCUT2D eigenvalue weighted by molar-refractivity contribution is 6.07. The van der Waals surface area contributed by atoms with Crippen LogP contribution in [-0.2, 0) is 4.79 Å². The Morgan fingerprint density at radius 2 is 1.92 bits per heavy atom. The van der Waals surface area contributed by atoms with Crippen molar-refractivity contribution in [3.63, 3.8) is 0 Å². The minimum Gasteiger partial charge on any atom is -0.356 e. The number of rotatable bonds is 8. The molecule has 26 heavy (non-hydrogen) atoms. The quantitative estimate of drug-likeness (QED) is 0.764. The lowest BCUT2D eigenvalue weighted by molar-refractivity contribution is -0.119. The molecule has 0 bridgehead atoms. The standard InChI is InChI=1S/C20H33N5O/c1-4-7-10-16-20(26)25(13-15(5-2)6-3)17-18(23-16)21-14-22-19(17)24-11-8-9-12-24/h14-16H,4-13H2,1-3H3,(H,21,22,23)/t16-/m0/s1. The van der Waals surface area contributed by atoms with Crippen LogP contribution in [0.2, 0.25) is 0 Å². The van der Waals surface area contributed by atoms with E-state index in [4.69, 9.17) is 0 Å². The second kappa shape index (κ2) is 8.69. The summed E-state index contributed by atoms with van der Waals surface area (Å²) in [5.41, 5.74) is 0.902. The first kappa shape index (κ1) is 18.9. The molecule has 0 spiro atoms. The van der Waals surface area contributed by atoms with Crippen LogP contribution in [0.1, 0.15) is 65.7 Å². The normalized spacial score (nSPS) is 19.8. The molecule has 6 nitrogen and oxygen atoms in total. The molecule has 144 valence electrons. The number of hydrogen-bond donors (Lipinski definition) is 1. The van der Waals surface area contributed by atoms with Crippen molar-refractivity contribution in [3.05, 3.63) is 6.33 Å². The van der Waals surface area contributed by atoms with Gasteiger partial charge in [-0.3, -0.25) is 4.79 Å². The van der Waals surface area contributed by atoms with Gasteiger partial charge < -0.3 is 15.1 Å². The summed E-state index contributed by atoms with van der Waals surface area (Å²) in [5, 5.41) is 3.42. The van der Waals surface area contributed by atoms with Crippen molar-refractivity contribution < 1.29 is 4.79 Å². The molecule has 3 heterocycles. The van der Waals surface area contributed by atoms with Crippen molar-refractivity contribution in [1.29, 1.82) is 0 Å². The molecular weight excluding hydrogens is 326 g/mol. The highest BCUT2D eigenvalue weighted by atomic mass is 16.2. The molecule has 1 saturated heterocycles. The van der Waals surface area contributed by atoms with Crippen molar-refractivity contribution in [2.24, 2.45) is 5.92 Å². The molecule has 0 aliphatic carbocycles. The minimum absolute atomic E-state index is 0.168. The molecule has 1 aromatic rings. The van der Waals surface area contributed by atoms with Crippen molar-refractivity contribution in [2.75, 3.05) is 34.8 Å². The Morgan fingerprint density at radius 3 is 2.58 bits per heavy atom. The Balaban J connectivity index is 1.98. The summed E-state index contributed by atoms with van der Waals surface area (Å²) < 4.78 is 0. The van der Waals surface area contributed by atoms with E-state index in [1.165, 1.54) is 12.8 Å². The largest absolute Gasteiger partial charge is 0.356 e. The summed E-state index contributed by atoms with van der Waals surface area (Å²) in [6.45, 7) is 9.36. The molecule has 1 atom stereocenters. The molecule has 6 heteroatoms. The van der Waals surface area contributed by atoms with Crippen LogP contribution in [-0.4, -0.2) is 41.6 Å². The van der Waals surface area contributed by atoms with Gasteiger partial charge in [-0.25, -0.2) is 9.97 Å². The zero-order chi connectivity index (χ0) is 18.5. The first-order valence-electron chi connectivity index (χ1n) is 10.4. The molecular formula is C20H33N5O. The summed E-state index contributed by atoms with van der Waals surface area (Å²) in [6, 6.07) is -0.168. The monoisotopic (exact) mass is 359 g/mol. The van der Waals surface area contributed by atoms with E-state index in [0.717, 1.165) is 69.1 Å². The molecule has 1 fully saturated rings. The van der Waals surface area contributed by atoms with E-state index in [2.05, 4.69) is 41.0 Å². The van der Waals surface area contributed by atoms with E-state index in [-0.39, 0.29) is 11.9 Å². The number of aromatic nitrogens is 2. The van der Waals surface area contributed by atoms with Crippen LogP contribution in [0.4, 0.5) is 17.3 Å². The topological polar surface area (TPSA) is 61.4 Å². The Bertz CT molecular complexity index is 610. The summed E-state index contributed by atoms with van der Waals surface area (Å²) >= 11 is 0. The van der Waals surface area contributed by atoms with Gasteiger partial charge in [0, 0.05) is 19.6 Å². The maximum atomic E-state index is 13.3. The van der Waals surface area contributed by atoms with Crippen LogP contribution in [0.5, 0.6) is 0 Å². The number of amides is 1. The summed E-state index contributed by atoms with van der Waals surface area (Å²) in [5.74, 6) is 2.44. The molecule has 1 N–H and O–H groups in total.